The zero-order valence-corrected chi connectivity index (χ0v) is 21.6. The Kier molecular flexibility index (Phi) is 8.70. The molecule has 1 aromatic carbocycles. The van der Waals surface area contributed by atoms with Gasteiger partial charge in [0.25, 0.3) is 5.91 Å². The third-order valence-corrected chi connectivity index (χ3v) is 7.74. The number of β-amino-alcohol motifs (C(OH)–C–C–N with tert-alkyl or cyclic N) is 1. The van der Waals surface area contributed by atoms with Crippen LogP contribution in [0.15, 0.2) is 34.9 Å². The molecule has 1 N–H and O–H groups in total. The average molecular weight is 515 g/mol. The molecular formula is C27H39FN6O3. The van der Waals surface area contributed by atoms with Crippen LogP contribution in [0.3, 0.4) is 0 Å². The summed E-state index contributed by atoms with van der Waals surface area (Å²) in [6.45, 7) is 10.4. The van der Waals surface area contributed by atoms with Crippen LogP contribution in [0.2, 0.25) is 0 Å². The predicted molar refractivity (Wildman–Crippen MR) is 139 cm³/mol. The van der Waals surface area contributed by atoms with E-state index in [1.165, 1.54) is 37.7 Å². The number of aliphatic hydroxyl groups excluding tert-OH is 1. The van der Waals surface area contributed by atoms with E-state index in [0.29, 0.717) is 44.3 Å². The normalized spacial score (nSPS) is 21.4. The number of piperidine rings is 1. The number of hydrogen-bond acceptors (Lipinski definition) is 8. The molecule has 0 bridgehead atoms. The summed E-state index contributed by atoms with van der Waals surface area (Å²) in [6.07, 6.45) is 4.96. The van der Waals surface area contributed by atoms with Gasteiger partial charge < -0.3 is 24.2 Å². The third-order valence-electron chi connectivity index (χ3n) is 7.74. The number of anilines is 1. The van der Waals surface area contributed by atoms with Gasteiger partial charge in [-0.1, -0.05) is 6.42 Å². The third kappa shape index (κ3) is 7.07. The molecule has 0 spiro atoms. The molecular weight excluding hydrogens is 475 g/mol. The van der Waals surface area contributed by atoms with Crippen molar-refractivity contribution in [3.05, 3.63) is 47.9 Å². The number of hydrogen-bond donors (Lipinski definition) is 1. The molecule has 0 radical (unpaired) electrons. The first kappa shape index (κ1) is 26.1. The van der Waals surface area contributed by atoms with Crippen molar-refractivity contribution in [1.82, 2.24) is 24.6 Å². The van der Waals surface area contributed by atoms with E-state index in [1.807, 2.05) is 0 Å². The molecule has 2 aromatic rings. The summed E-state index contributed by atoms with van der Waals surface area (Å²) in [6, 6.07) is 6.47. The lowest BCUT2D eigenvalue weighted by Crippen LogP contribution is -2.50. The minimum absolute atomic E-state index is 0.110. The monoisotopic (exact) mass is 514 g/mol. The van der Waals surface area contributed by atoms with Crippen LogP contribution in [-0.2, 0) is 6.54 Å². The van der Waals surface area contributed by atoms with Gasteiger partial charge in [0.1, 0.15) is 12.1 Å². The van der Waals surface area contributed by atoms with E-state index in [1.54, 1.807) is 17.0 Å². The zero-order chi connectivity index (χ0) is 25.6. The Balaban J connectivity index is 1.03. The maximum Gasteiger partial charge on any atom is 0.275 e. The fourth-order valence-corrected chi connectivity index (χ4v) is 5.58. The number of nitrogens with zero attached hydrogens (tertiary/aromatic N) is 6. The average Bonchev–Trinajstić information content (AvgIpc) is 3.39. The Morgan fingerprint density at radius 1 is 0.865 bits per heavy atom. The molecule has 0 aliphatic carbocycles. The lowest BCUT2D eigenvalue weighted by molar-refractivity contribution is 0.0434. The maximum absolute atomic E-state index is 13.2. The van der Waals surface area contributed by atoms with Gasteiger partial charge in [0.15, 0.2) is 5.69 Å². The summed E-state index contributed by atoms with van der Waals surface area (Å²) in [4.78, 5) is 28.4. The highest BCUT2D eigenvalue weighted by Gasteiger charge is 2.26. The smallest absolute Gasteiger partial charge is 0.275 e. The summed E-state index contributed by atoms with van der Waals surface area (Å²) in [5, 5.41) is 10.5. The van der Waals surface area contributed by atoms with Crippen LogP contribution in [0.25, 0.3) is 0 Å². The maximum atomic E-state index is 13.2. The highest BCUT2D eigenvalue weighted by molar-refractivity contribution is 5.92. The van der Waals surface area contributed by atoms with Crippen molar-refractivity contribution in [3.8, 4) is 0 Å². The second-order valence-electron chi connectivity index (χ2n) is 10.5. The molecule has 4 heterocycles. The van der Waals surface area contributed by atoms with Crippen molar-refractivity contribution in [3.63, 3.8) is 0 Å². The standard InChI is InChI=1S/C27H39FN6O3/c28-22-4-6-23(7-5-22)33-14-16-34(17-15-33)27(36)25-21-37-26(29-25)20-32-12-10-31(11-13-32)19-24(35)18-30-8-2-1-3-9-30/h4-7,21,24,35H,1-3,8-20H2. The molecule has 3 saturated heterocycles. The molecule has 3 fully saturated rings. The number of halogens is 1. The number of likely N-dealkylation sites (tertiary alicyclic amines) is 1. The largest absolute Gasteiger partial charge is 0.447 e. The summed E-state index contributed by atoms with van der Waals surface area (Å²) >= 11 is 0. The molecule has 3 aliphatic heterocycles. The van der Waals surface area contributed by atoms with Crippen molar-refractivity contribution in [2.24, 2.45) is 0 Å². The SMILES string of the molecule is O=C(c1coc(CN2CCN(CC(O)CN3CCCCC3)CC2)n1)N1CCN(c2ccc(F)cc2)CC1. The molecule has 202 valence electrons. The Morgan fingerprint density at radius 2 is 1.49 bits per heavy atom. The molecule has 10 heteroatoms. The highest BCUT2D eigenvalue weighted by atomic mass is 19.1. The van der Waals surface area contributed by atoms with Gasteiger partial charge in [-0.25, -0.2) is 9.37 Å². The molecule has 1 unspecified atom stereocenters. The number of piperazine rings is 2. The molecule has 3 aliphatic rings. The van der Waals surface area contributed by atoms with Gasteiger partial charge in [-0.05, 0) is 50.2 Å². The topological polar surface area (TPSA) is 79.5 Å². The first-order valence-corrected chi connectivity index (χ1v) is 13.6. The van der Waals surface area contributed by atoms with Crippen molar-refractivity contribution >= 4 is 11.6 Å². The highest BCUT2D eigenvalue weighted by Crippen LogP contribution is 2.18. The number of rotatable bonds is 8. The van der Waals surface area contributed by atoms with Gasteiger partial charge in [-0.3, -0.25) is 14.6 Å². The van der Waals surface area contributed by atoms with E-state index in [0.717, 1.165) is 58.0 Å². The molecule has 37 heavy (non-hydrogen) atoms. The molecule has 1 amide bonds. The van der Waals surface area contributed by atoms with Crippen molar-refractivity contribution in [1.29, 1.82) is 0 Å². The Bertz CT molecular complexity index is 996. The summed E-state index contributed by atoms with van der Waals surface area (Å²) < 4.78 is 18.8. The van der Waals surface area contributed by atoms with E-state index in [-0.39, 0.29) is 17.8 Å². The second-order valence-corrected chi connectivity index (χ2v) is 10.5. The first-order valence-electron chi connectivity index (χ1n) is 13.6. The van der Waals surface area contributed by atoms with Gasteiger partial charge in [0.2, 0.25) is 5.89 Å². The Hall–Kier alpha value is -2.53. The zero-order valence-electron chi connectivity index (χ0n) is 21.6. The number of amides is 1. The lowest BCUT2D eigenvalue weighted by atomic mass is 10.1. The first-order chi connectivity index (χ1) is 18.0. The van der Waals surface area contributed by atoms with Crippen molar-refractivity contribution in [2.75, 3.05) is 83.4 Å². The fraction of sp³-hybridized carbons (Fsp3) is 0.630. The van der Waals surface area contributed by atoms with Gasteiger partial charge in [-0.2, -0.15) is 0 Å². The second kappa shape index (κ2) is 12.3. The minimum atomic E-state index is -0.303. The summed E-state index contributed by atoms with van der Waals surface area (Å²) in [5.74, 6) is 0.205. The van der Waals surface area contributed by atoms with Crippen LogP contribution < -0.4 is 4.90 Å². The van der Waals surface area contributed by atoms with Crippen LogP contribution in [0.5, 0.6) is 0 Å². The number of aromatic nitrogens is 1. The number of oxazole rings is 1. The predicted octanol–water partition coefficient (Wildman–Crippen LogP) is 1.74. The molecule has 5 rings (SSSR count). The Labute approximate surface area is 218 Å². The van der Waals surface area contributed by atoms with E-state index in [4.69, 9.17) is 4.42 Å². The van der Waals surface area contributed by atoms with Crippen LogP contribution in [-0.4, -0.2) is 120 Å². The van der Waals surface area contributed by atoms with Gasteiger partial charge in [0.05, 0.1) is 12.6 Å². The van der Waals surface area contributed by atoms with Crippen LogP contribution >= 0.6 is 0 Å². The summed E-state index contributed by atoms with van der Waals surface area (Å²) in [5.41, 5.74) is 1.32. The summed E-state index contributed by atoms with van der Waals surface area (Å²) in [7, 11) is 0. The van der Waals surface area contributed by atoms with Gasteiger partial charge in [-0.15, -0.1) is 0 Å². The van der Waals surface area contributed by atoms with E-state index in [2.05, 4.69) is 24.6 Å². The fourth-order valence-electron chi connectivity index (χ4n) is 5.58. The van der Waals surface area contributed by atoms with Crippen LogP contribution in [0, 0.1) is 5.82 Å². The van der Waals surface area contributed by atoms with Gasteiger partial charge in [0, 0.05) is 71.1 Å². The van der Waals surface area contributed by atoms with E-state index < -0.39 is 0 Å². The van der Waals surface area contributed by atoms with Crippen molar-refractivity contribution < 1.29 is 18.7 Å². The number of aliphatic hydroxyl groups is 1. The van der Waals surface area contributed by atoms with E-state index in [9.17, 15) is 14.3 Å². The van der Waals surface area contributed by atoms with Gasteiger partial charge >= 0.3 is 0 Å². The minimum Gasteiger partial charge on any atom is -0.447 e. The molecule has 0 saturated carbocycles. The lowest BCUT2D eigenvalue weighted by Gasteiger charge is -2.36. The van der Waals surface area contributed by atoms with Crippen LogP contribution in [0.4, 0.5) is 10.1 Å². The Morgan fingerprint density at radius 3 is 2.16 bits per heavy atom. The molecule has 9 nitrogen and oxygen atoms in total. The quantitative estimate of drug-likeness (QED) is 0.571. The number of benzene rings is 1. The molecule has 1 aromatic heterocycles. The number of carbonyl (C=O) groups excluding carboxylic acids is 1. The van der Waals surface area contributed by atoms with Crippen LogP contribution in [0.1, 0.15) is 35.6 Å². The molecule has 1 atom stereocenters. The van der Waals surface area contributed by atoms with E-state index >= 15 is 0 Å². The number of carbonyl (C=O) groups is 1. The van der Waals surface area contributed by atoms with Crippen molar-refractivity contribution in [2.45, 2.75) is 31.9 Å².